The average Bonchev–Trinajstić information content (AvgIpc) is 2.20. The fraction of sp³-hybridized carbons (Fsp3) is 0.364. The number of phenols is 1. The van der Waals surface area contributed by atoms with Gasteiger partial charge in [0.2, 0.25) is 0 Å². The standard InChI is InChI=1S/C11H14BrNO3S/c1-7(6-17(2)16)13-11(15)9-5-8(12)3-4-10(9)14/h3-5,7,14H,6H2,1-2H3,(H,13,15). The van der Waals surface area contributed by atoms with E-state index in [4.69, 9.17) is 0 Å². The van der Waals surface area contributed by atoms with Crippen molar-refractivity contribution in [2.45, 2.75) is 13.0 Å². The summed E-state index contributed by atoms with van der Waals surface area (Å²) in [6.07, 6.45) is 1.58. The molecule has 2 unspecified atom stereocenters. The van der Waals surface area contributed by atoms with Crippen LogP contribution in [0.3, 0.4) is 0 Å². The molecule has 6 heteroatoms. The molecule has 0 aliphatic heterocycles. The van der Waals surface area contributed by atoms with Gasteiger partial charge in [-0.05, 0) is 25.1 Å². The number of amides is 1. The lowest BCUT2D eigenvalue weighted by Gasteiger charge is -2.13. The summed E-state index contributed by atoms with van der Waals surface area (Å²) in [5, 5.41) is 12.2. The molecule has 1 aromatic carbocycles. The fourth-order valence-electron chi connectivity index (χ4n) is 1.39. The Kier molecular flexibility index (Phi) is 5.14. The van der Waals surface area contributed by atoms with E-state index in [0.29, 0.717) is 10.2 Å². The first kappa shape index (κ1) is 14.2. The van der Waals surface area contributed by atoms with Crippen LogP contribution in [0.5, 0.6) is 5.75 Å². The zero-order chi connectivity index (χ0) is 13.0. The van der Waals surface area contributed by atoms with Gasteiger partial charge in [-0.3, -0.25) is 9.00 Å². The number of carbonyl (C=O) groups excluding carboxylic acids is 1. The molecule has 1 aromatic rings. The summed E-state index contributed by atoms with van der Waals surface area (Å²) in [6.45, 7) is 1.77. The normalized spacial score (nSPS) is 14.1. The molecule has 2 atom stereocenters. The maximum absolute atomic E-state index is 11.8. The van der Waals surface area contributed by atoms with Crippen LogP contribution >= 0.6 is 15.9 Å². The quantitative estimate of drug-likeness (QED) is 0.886. The first-order chi connectivity index (χ1) is 7.90. The highest BCUT2D eigenvalue weighted by atomic mass is 79.9. The van der Waals surface area contributed by atoms with Gasteiger partial charge in [-0.25, -0.2) is 0 Å². The van der Waals surface area contributed by atoms with E-state index in [1.807, 2.05) is 0 Å². The number of aromatic hydroxyl groups is 1. The zero-order valence-electron chi connectivity index (χ0n) is 9.57. The Morgan fingerprint density at radius 1 is 1.59 bits per heavy atom. The molecule has 0 aliphatic rings. The summed E-state index contributed by atoms with van der Waals surface area (Å²) < 4.78 is 11.7. The molecule has 0 bridgehead atoms. The molecule has 1 amide bonds. The molecule has 0 saturated heterocycles. The third-order valence-electron chi connectivity index (χ3n) is 2.07. The van der Waals surface area contributed by atoms with Crippen LogP contribution in [0.4, 0.5) is 0 Å². The van der Waals surface area contributed by atoms with Gasteiger partial charge in [-0.1, -0.05) is 15.9 Å². The van der Waals surface area contributed by atoms with Crippen LogP contribution in [-0.4, -0.2) is 33.3 Å². The van der Waals surface area contributed by atoms with E-state index in [1.54, 1.807) is 25.3 Å². The van der Waals surface area contributed by atoms with Gasteiger partial charge < -0.3 is 10.4 Å². The molecule has 0 aliphatic carbocycles. The van der Waals surface area contributed by atoms with Crippen molar-refractivity contribution in [2.24, 2.45) is 0 Å². The van der Waals surface area contributed by atoms with Crippen LogP contribution in [0.2, 0.25) is 0 Å². The first-order valence-electron chi connectivity index (χ1n) is 4.99. The molecule has 0 aromatic heterocycles. The average molecular weight is 320 g/mol. The van der Waals surface area contributed by atoms with Gasteiger partial charge in [0.1, 0.15) is 5.75 Å². The third kappa shape index (κ3) is 4.47. The summed E-state index contributed by atoms with van der Waals surface area (Å²) >= 11 is 3.23. The molecule has 2 N–H and O–H groups in total. The number of halogens is 1. The Morgan fingerprint density at radius 3 is 2.82 bits per heavy atom. The van der Waals surface area contributed by atoms with Gasteiger partial charge in [-0.15, -0.1) is 0 Å². The number of rotatable bonds is 4. The lowest BCUT2D eigenvalue weighted by molar-refractivity contribution is 0.0941. The maximum atomic E-state index is 11.8. The predicted molar refractivity (Wildman–Crippen MR) is 71.7 cm³/mol. The predicted octanol–water partition coefficient (Wildman–Crippen LogP) is 1.65. The van der Waals surface area contributed by atoms with Gasteiger partial charge in [0.25, 0.3) is 5.91 Å². The van der Waals surface area contributed by atoms with Gasteiger partial charge in [0.15, 0.2) is 0 Å². The number of hydrogen-bond donors (Lipinski definition) is 2. The van der Waals surface area contributed by atoms with E-state index in [2.05, 4.69) is 21.2 Å². The number of carbonyl (C=O) groups is 1. The van der Waals surface area contributed by atoms with Crippen molar-refractivity contribution < 1.29 is 14.1 Å². The summed E-state index contributed by atoms with van der Waals surface area (Å²) in [7, 11) is -0.965. The molecule has 0 radical (unpaired) electrons. The molecule has 0 spiro atoms. The summed E-state index contributed by atoms with van der Waals surface area (Å²) in [4.78, 5) is 11.8. The third-order valence-corrected chi connectivity index (χ3v) is 3.53. The fourth-order valence-corrected chi connectivity index (χ4v) is 2.53. The minimum Gasteiger partial charge on any atom is -0.507 e. The lowest BCUT2D eigenvalue weighted by Crippen LogP contribution is -2.36. The summed E-state index contributed by atoms with van der Waals surface area (Å²) in [5.74, 6) is -0.0576. The van der Waals surface area contributed by atoms with Crippen molar-refractivity contribution in [3.63, 3.8) is 0 Å². The van der Waals surface area contributed by atoms with Crippen molar-refractivity contribution in [1.82, 2.24) is 5.32 Å². The monoisotopic (exact) mass is 319 g/mol. The van der Waals surface area contributed by atoms with Crippen molar-refractivity contribution in [1.29, 1.82) is 0 Å². The topological polar surface area (TPSA) is 66.4 Å². The van der Waals surface area contributed by atoms with Crippen molar-refractivity contribution >= 4 is 32.6 Å². The van der Waals surface area contributed by atoms with Crippen LogP contribution in [0.1, 0.15) is 17.3 Å². The highest BCUT2D eigenvalue weighted by Gasteiger charge is 2.14. The number of hydrogen-bond acceptors (Lipinski definition) is 3. The second kappa shape index (κ2) is 6.16. The minimum atomic E-state index is -0.965. The smallest absolute Gasteiger partial charge is 0.255 e. The number of phenolic OH excluding ortho intramolecular Hbond substituents is 1. The van der Waals surface area contributed by atoms with E-state index >= 15 is 0 Å². The minimum absolute atomic E-state index is 0.0736. The van der Waals surface area contributed by atoms with Crippen LogP contribution in [0, 0.1) is 0 Å². The second-order valence-corrected chi connectivity index (χ2v) is 6.17. The van der Waals surface area contributed by atoms with Gasteiger partial charge >= 0.3 is 0 Å². The van der Waals surface area contributed by atoms with Crippen molar-refractivity contribution in [3.8, 4) is 5.75 Å². The Labute approximate surface area is 111 Å². The molecular weight excluding hydrogens is 306 g/mol. The van der Waals surface area contributed by atoms with E-state index in [1.165, 1.54) is 6.07 Å². The maximum Gasteiger partial charge on any atom is 0.255 e. The van der Waals surface area contributed by atoms with Gasteiger partial charge in [-0.2, -0.15) is 0 Å². The molecule has 0 saturated carbocycles. The summed E-state index contributed by atoms with van der Waals surface area (Å²) in [5.41, 5.74) is 0.202. The second-order valence-electron chi connectivity index (χ2n) is 3.78. The van der Waals surface area contributed by atoms with E-state index in [-0.39, 0.29) is 23.3 Å². The van der Waals surface area contributed by atoms with Gasteiger partial charge in [0, 0.05) is 33.3 Å². The Balaban J connectivity index is 2.76. The number of benzene rings is 1. The Bertz CT molecular complexity index is 450. The Morgan fingerprint density at radius 2 is 2.24 bits per heavy atom. The van der Waals surface area contributed by atoms with Crippen molar-refractivity contribution in [3.05, 3.63) is 28.2 Å². The summed E-state index contributed by atoms with van der Waals surface area (Å²) in [6, 6.07) is 4.44. The van der Waals surface area contributed by atoms with Crippen molar-refractivity contribution in [2.75, 3.05) is 12.0 Å². The Hall–Kier alpha value is -0.880. The molecule has 4 nitrogen and oxygen atoms in total. The molecule has 1 rings (SSSR count). The number of nitrogens with one attached hydrogen (secondary N) is 1. The molecule has 0 heterocycles. The molecule has 17 heavy (non-hydrogen) atoms. The highest BCUT2D eigenvalue weighted by molar-refractivity contribution is 9.10. The SMILES string of the molecule is CC(CS(C)=O)NC(=O)c1cc(Br)ccc1O. The van der Waals surface area contributed by atoms with E-state index in [0.717, 1.165) is 0 Å². The van der Waals surface area contributed by atoms with Crippen LogP contribution in [0.25, 0.3) is 0 Å². The molecular formula is C11H14BrNO3S. The first-order valence-corrected chi connectivity index (χ1v) is 7.51. The molecule has 0 fully saturated rings. The largest absolute Gasteiger partial charge is 0.507 e. The van der Waals surface area contributed by atoms with Gasteiger partial charge in [0.05, 0.1) is 5.56 Å². The van der Waals surface area contributed by atoms with Crippen LogP contribution in [0.15, 0.2) is 22.7 Å². The van der Waals surface area contributed by atoms with E-state index in [9.17, 15) is 14.1 Å². The van der Waals surface area contributed by atoms with E-state index < -0.39 is 10.8 Å². The lowest BCUT2D eigenvalue weighted by atomic mass is 10.2. The zero-order valence-corrected chi connectivity index (χ0v) is 12.0. The van der Waals surface area contributed by atoms with Crippen LogP contribution < -0.4 is 5.32 Å². The molecule has 94 valence electrons. The van der Waals surface area contributed by atoms with Crippen LogP contribution in [-0.2, 0) is 10.8 Å². The highest BCUT2D eigenvalue weighted by Crippen LogP contribution is 2.21.